The Labute approximate surface area is 83.2 Å². The molecule has 1 aromatic heterocycles. The van der Waals surface area contributed by atoms with Crippen LogP contribution < -0.4 is 5.73 Å². The molecule has 2 unspecified atom stereocenters. The van der Waals surface area contributed by atoms with E-state index in [2.05, 4.69) is 4.98 Å². The topological polar surface area (TPSA) is 38.9 Å². The highest BCUT2D eigenvalue weighted by Gasteiger charge is 2.22. The molecule has 13 heavy (non-hydrogen) atoms. The molecule has 2 N–H and O–H groups in total. The van der Waals surface area contributed by atoms with Gasteiger partial charge in [-0.15, -0.1) is 11.3 Å². The van der Waals surface area contributed by atoms with Crippen molar-refractivity contribution in [1.82, 2.24) is 4.98 Å². The molecule has 1 aromatic rings. The van der Waals surface area contributed by atoms with Gasteiger partial charge in [0.25, 0.3) is 0 Å². The molecule has 0 saturated heterocycles. The summed E-state index contributed by atoms with van der Waals surface area (Å²) in [6, 6.07) is 0.427. The van der Waals surface area contributed by atoms with Crippen molar-refractivity contribution >= 4 is 11.3 Å². The highest BCUT2D eigenvalue weighted by molar-refractivity contribution is 7.09. The van der Waals surface area contributed by atoms with Gasteiger partial charge in [0, 0.05) is 17.1 Å². The molecule has 0 bridgehead atoms. The number of hydrogen-bond donors (Lipinski definition) is 1. The molecule has 1 fully saturated rings. The van der Waals surface area contributed by atoms with Crippen LogP contribution in [0.5, 0.6) is 0 Å². The van der Waals surface area contributed by atoms with E-state index in [1.807, 2.05) is 11.7 Å². The van der Waals surface area contributed by atoms with Gasteiger partial charge in [-0.05, 0) is 25.2 Å². The standard InChI is InChI=1S/C10H16N2S/c11-10-4-2-1-3-8(10)5-9-6-12-7-13-9/h6-8,10H,1-5,11H2. The highest BCUT2D eigenvalue weighted by Crippen LogP contribution is 2.27. The Morgan fingerprint density at radius 2 is 2.31 bits per heavy atom. The fraction of sp³-hybridized carbons (Fsp3) is 0.700. The van der Waals surface area contributed by atoms with Gasteiger partial charge in [-0.2, -0.15) is 0 Å². The van der Waals surface area contributed by atoms with Crippen LogP contribution in [0.15, 0.2) is 11.7 Å². The molecule has 2 nitrogen and oxygen atoms in total. The van der Waals surface area contributed by atoms with Crippen molar-refractivity contribution < 1.29 is 0 Å². The van der Waals surface area contributed by atoms with Crippen molar-refractivity contribution in [1.29, 1.82) is 0 Å². The number of nitrogens with zero attached hydrogens (tertiary/aromatic N) is 1. The molecule has 0 aromatic carbocycles. The minimum absolute atomic E-state index is 0.427. The van der Waals surface area contributed by atoms with E-state index < -0.39 is 0 Å². The lowest BCUT2D eigenvalue weighted by atomic mass is 9.83. The lowest BCUT2D eigenvalue weighted by Crippen LogP contribution is -2.34. The maximum atomic E-state index is 6.08. The zero-order valence-corrected chi connectivity index (χ0v) is 8.59. The van der Waals surface area contributed by atoms with E-state index in [1.54, 1.807) is 11.3 Å². The van der Waals surface area contributed by atoms with Crippen LogP contribution in [0.4, 0.5) is 0 Å². The van der Waals surface area contributed by atoms with E-state index in [-0.39, 0.29) is 0 Å². The first-order valence-corrected chi connectivity index (χ1v) is 5.87. The summed E-state index contributed by atoms with van der Waals surface area (Å²) in [7, 11) is 0. The van der Waals surface area contributed by atoms with E-state index in [9.17, 15) is 0 Å². The Bertz CT molecular complexity index is 245. The maximum Gasteiger partial charge on any atom is 0.0794 e. The summed E-state index contributed by atoms with van der Waals surface area (Å²) in [6.07, 6.45) is 8.32. The second kappa shape index (κ2) is 4.20. The lowest BCUT2D eigenvalue weighted by molar-refractivity contribution is 0.307. The van der Waals surface area contributed by atoms with Gasteiger partial charge in [0.2, 0.25) is 0 Å². The third-order valence-corrected chi connectivity index (χ3v) is 3.72. The molecule has 0 radical (unpaired) electrons. The van der Waals surface area contributed by atoms with Crippen LogP contribution in [-0.2, 0) is 6.42 Å². The maximum absolute atomic E-state index is 6.08. The summed E-state index contributed by atoms with van der Waals surface area (Å²) in [5, 5.41) is 0. The van der Waals surface area contributed by atoms with Gasteiger partial charge >= 0.3 is 0 Å². The normalized spacial score (nSPS) is 29.0. The van der Waals surface area contributed by atoms with E-state index in [4.69, 9.17) is 5.73 Å². The Morgan fingerprint density at radius 1 is 1.46 bits per heavy atom. The number of aromatic nitrogens is 1. The average molecular weight is 196 g/mol. The second-order valence-electron chi connectivity index (χ2n) is 3.88. The van der Waals surface area contributed by atoms with Gasteiger partial charge in [0.1, 0.15) is 0 Å². The fourth-order valence-corrected chi connectivity index (χ4v) is 2.78. The minimum Gasteiger partial charge on any atom is -0.327 e. The predicted molar refractivity (Wildman–Crippen MR) is 55.8 cm³/mol. The number of nitrogens with two attached hydrogens (primary N) is 1. The van der Waals surface area contributed by atoms with E-state index in [0.29, 0.717) is 12.0 Å². The van der Waals surface area contributed by atoms with Crippen molar-refractivity contribution in [3.05, 3.63) is 16.6 Å². The van der Waals surface area contributed by atoms with Crippen LogP contribution >= 0.6 is 11.3 Å². The Morgan fingerprint density at radius 3 is 3.00 bits per heavy atom. The monoisotopic (exact) mass is 196 g/mol. The molecule has 1 aliphatic carbocycles. The van der Waals surface area contributed by atoms with Gasteiger partial charge in [-0.1, -0.05) is 12.8 Å². The fourth-order valence-electron chi connectivity index (χ4n) is 2.09. The quantitative estimate of drug-likeness (QED) is 0.787. The lowest BCUT2D eigenvalue weighted by Gasteiger charge is -2.27. The summed E-state index contributed by atoms with van der Waals surface area (Å²) in [4.78, 5) is 5.48. The van der Waals surface area contributed by atoms with Gasteiger partial charge in [0.05, 0.1) is 5.51 Å². The zero-order valence-electron chi connectivity index (χ0n) is 7.78. The van der Waals surface area contributed by atoms with Crippen LogP contribution in [0.25, 0.3) is 0 Å². The van der Waals surface area contributed by atoms with Crippen molar-refractivity contribution in [2.75, 3.05) is 0 Å². The van der Waals surface area contributed by atoms with Gasteiger partial charge in [-0.3, -0.25) is 4.98 Å². The first kappa shape index (κ1) is 9.16. The summed E-state index contributed by atoms with van der Waals surface area (Å²) in [6.45, 7) is 0. The SMILES string of the molecule is NC1CCCCC1Cc1cncs1. The van der Waals surface area contributed by atoms with E-state index in [0.717, 1.165) is 6.42 Å². The molecular weight excluding hydrogens is 180 g/mol. The molecule has 2 atom stereocenters. The zero-order chi connectivity index (χ0) is 9.10. The minimum atomic E-state index is 0.427. The number of hydrogen-bond acceptors (Lipinski definition) is 3. The highest BCUT2D eigenvalue weighted by atomic mass is 32.1. The Hall–Kier alpha value is -0.410. The third-order valence-electron chi connectivity index (χ3n) is 2.91. The molecule has 1 aliphatic rings. The van der Waals surface area contributed by atoms with Crippen molar-refractivity contribution in [2.45, 2.75) is 38.1 Å². The smallest absolute Gasteiger partial charge is 0.0794 e. The summed E-state index contributed by atoms with van der Waals surface area (Å²) in [5.41, 5.74) is 7.99. The number of thiazole rings is 1. The summed E-state index contributed by atoms with van der Waals surface area (Å²) < 4.78 is 0. The first-order chi connectivity index (χ1) is 6.36. The van der Waals surface area contributed by atoms with Crippen LogP contribution in [0.3, 0.4) is 0 Å². The van der Waals surface area contributed by atoms with Crippen LogP contribution in [0.2, 0.25) is 0 Å². The average Bonchev–Trinajstić information content (AvgIpc) is 2.61. The van der Waals surface area contributed by atoms with Crippen LogP contribution in [0, 0.1) is 5.92 Å². The molecule has 1 saturated carbocycles. The summed E-state index contributed by atoms with van der Waals surface area (Å²) in [5.74, 6) is 0.703. The van der Waals surface area contributed by atoms with Gasteiger partial charge in [0.15, 0.2) is 0 Å². The molecule has 0 spiro atoms. The van der Waals surface area contributed by atoms with Crippen LogP contribution in [-0.4, -0.2) is 11.0 Å². The third kappa shape index (κ3) is 2.29. The Kier molecular flexibility index (Phi) is 2.96. The molecule has 0 aliphatic heterocycles. The van der Waals surface area contributed by atoms with Crippen LogP contribution in [0.1, 0.15) is 30.6 Å². The van der Waals surface area contributed by atoms with E-state index in [1.165, 1.54) is 30.6 Å². The molecule has 1 heterocycles. The van der Waals surface area contributed by atoms with Gasteiger partial charge < -0.3 is 5.73 Å². The van der Waals surface area contributed by atoms with Crippen molar-refractivity contribution in [3.63, 3.8) is 0 Å². The molecule has 2 rings (SSSR count). The predicted octanol–water partition coefficient (Wildman–Crippen LogP) is 2.20. The molecule has 72 valence electrons. The van der Waals surface area contributed by atoms with Crippen molar-refractivity contribution in [2.24, 2.45) is 11.7 Å². The molecular formula is C10H16N2S. The largest absolute Gasteiger partial charge is 0.327 e. The van der Waals surface area contributed by atoms with E-state index >= 15 is 0 Å². The Balaban J connectivity index is 1.93. The summed E-state index contributed by atoms with van der Waals surface area (Å²) >= 11 is 1.75. The van der Waals surface area contributed by atoms with Crippen molar-refractivity contribution in [3.8, 4) is 0 Å². The molecule has 0 amide bonds. The molecule has 3 heteroatoms. The number of rotatable bonds is 2. The van der Waals surface area contributed by atoms with Gasteiger partial charge in [-0.25, -0.2) is 0 Å². The first-order valence-electron chi connectivity index (χ1n) is 4.99. The second-order valence-corrected chi connectivity index (χ2v) is 4.85.